The van der Waals surface area contributed by atoms with Crippen LogP contribution in [0.2, 0.25) is 0 Å². The zero-order valence-corrected chi connectivity index (χ0v) is 16.2. The predicted octanol–water partition coefficient (Wildman–Crippen LogP) is 4.89. The molecule has 0 aliphatic carbocycles. The first kappa shape index (κ1) is 19.9. The Hall–Kier alpha value is -3.86. The van der Waals surface area contributed by atoms with Crippen molar-refractivity contribution in [3.8, 4) is 17.2 Å². The second-order valence-corrected chi connectivity index (χ2v) is 6.05. The molecule has 0 fully saturated rings. The number of hydrogen-bond donors (Lipinski definition) is 0. The normalized spacial score (nSPS) is 11.0. The lowest BCUT2D eigenvalue weighted by molar-refractivity contribution is -0.128. The van der Waals surface area contributed by atoms with E-state index in [4.69, 9.17) is 14.2 Å². The van der Waals surface area contributed by atoms with E-state index in [0.717, 1.165) is 16.7 Å². The maximum absolute atomic E-state index is 12.1. The third-order valence-electron chi connectivity index (χ3n) is 4.09. The van der Waals surface area contributed by atoms with Crippen molar-refractivity contribution in [2.45, 2.75) is 0 Å². The summed E-state index contributed by atoms with van der Waals surface area (Å²) in [7, 11) is 3.14. The molecule has 5 nitrogen and oxygen atoms in total. The molecule has 1 aromatic heterocycles. The van der Waals surface area contributed by atoms with Crippen molar-refractivity contribution < 1.29 is 19.0 Å². The summed E-state index contributed by atoms with van der Waals surface area (Å²) < 4.78 is 15.8. The number of pyridine rings is 1. The van der Waals surface area contributed by atoms with Crippen LogP contribution in [0.4, 0.5) is 0 Å². The molecular formula is C24H21NO4. The lowest BCUT2D eigenvalue weighted by Gasteiger charge is -2.07. The maximum Gasteiger partial charge on any atom is 0.336 e. The van der Waals surface area contributed by atoms with Crippen molar-refractivity contribution in [1.29, 1.82) is 0 Å². The SMILES string of the molecule is COc1ccc(/C=C/C(=O)Oc2ccc(/C=C/c3ccncc3)cc2)cc1OC. The van der Waals surface area contributed by atoms with Crippen LogP contribution in [0.15, 0.2) is 73.1 Å². The molecule has 0 spiro atoms. The summed E-state index contributed by atoms with van der Waals surface area (Å²) in [6, 6.07) is 16.5. The topological polar surface area (TPSA) is 57.7 Å². The van der Waals surface area contributed by atoms with Crippen LogP contribution in [0.3, 0.4) is 0 Å². The van der Waals surface area contributed by atoms with E-state index in [1.807, 2.05) is 42.5 Å². The minimum atomic E-state index is -0.458. The van der Waals surface area contributed by atoms with Gasteiger partial charge in [-0.1, -0.05) is 30.4 Å². The smallest absolute Gasteiger partial charge is 0.336 e. The molecule has 146 valence electrons. The minimum absolute atomic E-state index is 0.458. The first-order valence-corrected chi connectivity index (χ1v) is 8.98. The van der Waals surface area contributed by atoms with Gasteiger partial charge in [0.2, 0.25) is 0 Å². The zero-order valence-electron chi connectivity index (χ0n) is 16.2. The number of carbonyl (C=O) groups excluding carboxylic acids is 1. The van der Waals surface area contributed by atoms with Gasteiger partial charge in [-0.3, -0.25) is 4.98 Å². The van der Waals surface area contributed by atoms with Crippen LogP contribution >= 0.6 is 0 Å². The summed E-state index contributed by atoms with van der Waals surface area (Å²) in [6.45, 7) is 0. The molecule has 0 saturated heterocycles. The number of aromatic nitrogens is 1. The van der Waals surface area contributed by atoms with E-state index in [0.29, 0.717) is 17.2 Å². The van der Waals surface area contributed by atoms with Crippen LogP contribution in [-0.2, 0) is 4.79 Å². The second kappa shape index (κ2) is 9.90. The molecule has 0 saturated carbocycles. The Kier molecular flexibility index (Phi) is 6.79. The van der Waals surface area contributed by atoms with Crippen molar-refractivity contribution in [2.24, 2.45) is 0 Å². The van der Waals surface area contributed by atoms with E-state index in [1.165, 1.54) is 6.08 Å². The number of esters is 1. The van der Waals surface area contributed by atoms with Crippen LogP contribution < -0.4 is 14.2 Å². The van der Waals surface area contributed by atoms with Crippen LogP contribution in [-0.4, -0.2) is 25.2 Å². The molecular weight excluding hydrogens is 366 g/mol. The van der Waals surface area contributed by atoms with E-state index in [2.05, 4.69) is 4.98 Å². The minimum Gasteiger partial charge on any atom is -0.493 e. The Bertz CT molecular complexity index is 1010. The first-order valence-electron chi connectivity index (χ1n) is 8.98. The van der Waals surface area contributed by atoms with Gasteiger partial charge in [-0.25, -0.2) is 4.79 Å². The number of carbonyl (C=O) groups is 1. The van der Waals surface area contributed by atoms with E-state index >= 15 is 0 Å². The van der Waals surface area contributed by atoms with E-state index in [9.17, 15) is 4.79 Å². The molecule has 0 N–H and O–H groups in total. The molecule has 5 heteroatoms. The maximum atomic E-state index is 12.1. The summed E-state index contributed by atoms with van der Waals surface area (Å²) >= 11 is 0. The third-order valence-corrected chi connectivity index (χ3v) is 4.09. The highest BCUT2D eigenvalue weighted by atomic mass is 16.5. The molecule has 0 aliphatic rings. The summed E-state index contributed by atoms with van der Waals surface area (Å²) in [6.07, 6.45) is 10.5. The number of hydrogen-bond acceptors (Lipinski definition) is 5. The van der Waals surface area contributed by atoms with Crippen molar-refractivity contribution in [3.63, 3.8) is 0 Å². The fourth-order valence-corrected chi connectivity index (χ4v) is 2.58. The molecule has 0 atom stereocenters. The van der Waals surface area contributed by atoms with Crippen LogP contribution in [0, 0.1) is 0 Å². The quantitative estimate of drug-likeness (QED) is 0.328. The third kappa shape index (κ3) is 5.81. The molecule has 0 radical (unpaired) electrons. The molecule has 2 aromatic carbocycles. The number of ether oxygens (including phenoxy) is 3. The molecule has 0 bridgehead atoms. The monoisotopic (exact) mass is 387 g/mol. The molecule has 0 amide bonds. The number of methoxy groups -OCH3 is 2. The summed E-state index contributed by atoms with van der Waals surface area (Å²) in [4.78, 5) is 16.1. The molecule has 3 aromatic rings. The Morgan fingerprint density at radius 2 is 1.38 bits per heavy atom. The van der Waals surface area contributed by atoms with E-state index in [1.54, 1.807) is 57.0 Å². The zero-order chi connectivity index (χ0) is 20.5. The van der Waals surface area contributed by atoms with E-state index in [-0.39, 0.29) is 0 Å². The van der Waals surface area contributed by atoms with E-state index < -0.39 is 5.97 Å². The van der Waals surface area contributed by atoms with Gasteiger partial charge in [0.25, 0.3) is 0 Å². The molecule has 29 heavy (non-hydrogen) atoms. The van der Waals surface area contributed by atoms with Gasteiger partial charge in [-0.05, 0) is 59.2 Å². The summed E-state index contributed by atoms with van der Waals surface area (Å²) in [5.74, 6) is 1.25. The van der Waals surface area contributed by atoms with Gasteiger partial charge in [0.05, 0.1) is 14.2 Å². The second-order valence-electron chi connectivity index (χ2n) is 6.05. The first-order chi connectivity index (χ1) is 14.2. The van der Waals surface area contributed by atoms with Crippen molar-refractivity contribution in [3.05, 3.63) is 89.8 Å². The summed E-state index contributed by atoms with van der Waals surface area (Å²) in [5, 5.41) is 0. The standard InChI is InChI=1S/C24H21NO4/c1-27-22-11-7-20(17-23(22)28-2)8-12-24(26)29-21-9-5-18(6-10-21)3-4-19-13-15-25-16-14-19/h3-17H,1-2H3/b4-3+,12-8+. The van der Waals surface area contributed by atoms with Gasteiger partial charge in [0.1, 0.15) is 5.75 Å². The highest BCUT2D eigenvalue weighted by molar-refractivity contribution is 5.88. The average molecular weight is 387 g/mol. The van der Waals surface area contributed by atoms with Gasteiger partial charge in [0.15, 0.2) is 11.5 Å². The van der Waals surface area contributed by atoms with Crippen LogP contribution in [0.5, 0.6) is 17.2 Å². The number of nitrogens with zero attached hydrogens (tertiary/aromatic N) is 1. The molecule has 0 unspecified atom stereocenters. The van der Waals surface area contributed by atoms with Gasteiger partial charge in [0, 0.05) is 18.5 Å². The fraction of sp³-hybridized carbons (Fsp3) is 0.0833. The van der Waals surface area contributed by atoms with Crippen molar-refractivity contribution >= 4 is 24.2 Å². The van der Waals surface area contributed by atoms with Crippen molar-refractivity contribution in [1.82, 2.24) is 4.98 Å². The largest absolute Gasteiger partial charge is 0.493 e. The van der Waals surface area contributed by atoms with Gasteiger partial charge >= 0.3 is 5.97 Å². The molecule has 0 aliphatic heterocycles. The molecule has 1 heterocycles. The highest BCUT2D eigenvalue weighted by Crippen LogP contribution is 2.28. The summed E-state index contributed by atoms with van der Waals surface area (Å²) in [5.41, 5.74) is 2.87. The van der Waals surface area contributed by atoms with Gasteiger partial charge in [-0.2, -0.15) is 0 Å². The van der Waals surface area contributed by atoms with Crippen LogP contribution in [0.25, 0.3) is 18.2 Å². The number of rotatable bonds is 7. The Morgan fingerprint density at radius 1 is 0.759 bits per heavy atom. The average Bonchev–Trinajstić information content (AvgIpc) is 2.77. The van der Waals surface area contributed by atoms with Crippen molar-refractivity contribution in [2.75, 3.05) is 14.2 Å². The fourth-order valence-electron chi connectivity index (χ4n) is 2.58. The van der Waals surface area contributed by atoms with Gasteiger partial charge < -0.3 is 14.2 Å². The molecule has 3 rings (SSSR count). The Balaban J connectivity index is 1.59. The Morgan fingerprint density at radius 3 is 2.03 bits per heavy atom. The van der Waals surface area contributed by atoms with Crippen LogP contribution in [0.1, 0.15) is 16.7 Å². The lowest BCUT2D eigenvalue weighted by atomic mass is 10.1. The predicted molar refractivity (Wildman–Crippen MR) is 114 cm³/mol. The number of benzene rings is 2. The lowest BCUT2D eigenvalue weighted by Crippen LogP contribution is -2.03. The van der Waals surface area contributed by atoms with Gasteiger partial charge in [-0.15, -0.1) is 0 Å². The Labute approximate surface area is 169 Å². The highest BCUT2D eigenvalue weighted by Gasteiger charge is 2.04.